The molecule has 9 heteroatoms. The first-order valence-electron chi connectivity index (χ1n) is 10.3. The van der Waals surface area contributed by atoms with Gasteiger partial charge in [0.15, 0.2) is 0 Å². The van der Waals surface area contributed by atoms with Crippen molar-refractivity contribution >= 4 is 0 Å². The highest BCUT2D eigenvalue weighted by Gasteiger charge is 2.69. The molecule has 0 radical (unpaired) electrons. The van der Waals surface area contributed by atoms with Gasteiger partial charge in [0.05, 0.1) is 12.2 Å². The molecular formula is C22H32F6O3. The van der Waals surface area contributed by atoms with Crippen molar-refractivity contribution in [3.63, 3.8) is 0 Å². The summed E-state index contributed by atoms with van der Waals surface area (Å²) >= 11 is 0. The Morgan fingerprint density at radius 2 is 1.52 bits per heavy atom. The van der Waals surface area contributed by atoms with Gasteiger partial charge in [-0.1, -0.05) is 38.7 Å². The Hall–Kier alpha value is -1.32. The zero-order valence-electron chi connectivity index (χ0n) is 17.9. The monoisotopic (exact) mass is 458 g/mol. The molecule has 0 spiro atoms. The zero-order valence-corrected chi connectivity index (χ0v) is 17.9. The summed E-state index contributed by atoms with van der Waals surface area (Å²) in [6.07, 6.45) is -6.61. The highest BCUT2D eigenvalue weighted by atomic mass is 19.4. The minimum Gasteiger partial charge on any atom is -0.393 e. The van der Waals surface area contributed by atoms with E-state index in [0.717, 1.165) is 5.57 Å². The van der Waals surface area contributed by atoms with Gasteiger partial charge in [0, 0.05) is 6.42 Å². The third-order valence-corrected chi connectivity index (χ3v) is 5.75. The fourth-order valence-corrected chi connectivity index (χ4v) is 3.63. The molecule has 0 aromatic carbocycles. The minimum absolute atomic E-state index is 0.116. The predicted octanol–water partition coefficient (Wildman–Crippen LogP) is 5.76. The molecule has 3 N–H and O–H groups in total. The smallest absolute Gasteiger partial charge is 0.393 e. The predicted molar refractivity (Wildman–Crippen MR) is 106 cm³/mol. The van der Waals surface area contributed by atoms with Gasteiger partial charge in [-0.15, -0.1) is 0 Å². The number of allylic oxidation sites excluding steroid dienone is 3. The van der Waals surface area contributed by atoms with E-state index < -0.39 is 48.4 Å². The summed E-state index contributed by atoms with van der Waals surface area (Å²) < 4.78 is 76.4. The molecule has 1 rings (SSSR count). The molecule has 1 saturated carbocycles. The second-order valence-corrected chi connectivity index (χ2v) is 9.02. The quantitative estimate of drug-likeness (QED) is 0.304. The van der Waals surface area contributed by atoms with E-state index in [1.165, 1.54) is 0 Å². The van der Waals surface area contributed by atoms with Crippen LogP contribution in [0.15, 0.2) is 36.0 Å². The number of alkyl halides is 6. The van der Waals surface area contributed by atoms with Crippen LogP contribution in [0.25, 0.3) is 0 Å². The van der Waals surface area contributed by atoms with Crippen LogP contribution in [0.2, 0.25) is 0 Å². The SMILES string of the molecule is C=C1/C(=C\C=C\CCCC(C)(C)CCCC(O)(C(F)(F)F)C(F)(F)F)CC(O)CC1O. The minimum atomic E-state index is -5.77. The summed E-state index contributed by atoms with van der Waals surface area (Å²) in [6.45, 7) is 7.36. The van der Waals surface area contributed by atoms with E-state index in [-0.39, 0.29) is 12.8 Å². The summed E-state index contributed by atoms with van der Waals surface area (Å²) in [6, 6.07) is 0. The molecule has 0 bridgehead atoms. The summed E-state index contributed by atoms with van der Waals surface area (Å²) in [5.74, 6) is 0. The molecule has 31 heavy (non-hydrogen) atoms. The lowest BCUT2D eigenvalue weighted by atomic mass is 9.80. The van der Waals surface area contributed by atoms with E-state index in [1.54, 1.807) is 26.0 Å². The third kappa shape index (κ3) is 7.95. The number of aliphatic hydroxyl groups is 3. The molecule has 2 atom stereocenters. The molecule has 1 aliphatic rings. The van der Waals surface area contributed by atoms with Gasteiger partial charge >= 0.3 is 12.4 Å². The summed E-state index contributed by atoms with van der Waals surface area (Å²) in [7, 11) is 0. The van der Waals surface area contributed by atoms with Gasteiger partial charge in [-0.25, -0.2) is 0 Å². The first kappa shape index (κ1) is 27.7. The highest BCUT2D eigenvalue weighted by Crippen LogP contribution is 2.46. The number of rotatable bonds is 9. The van der Waals surface area contributed by atoms with E-state index in [2.05, 4.69) is 6.58 Å². The second-order valence-electron chi connectivity index (χ2n) is 9.02. The van der Waals surface area contributed by atoms with Gasteiger partial charge in [-0.05, 0) is 61.5 Å². The number of unbranched alkanes of at least 4 members (excludes halogenated alkanes) is 1. The summed E-state index contributed by atoms with van der Waals surface area (Å²) in [5.41, 5.74) is -3.81. The standard InChI is InChI=1S/C22H32F6O3/c1-15-16(13-17(29)14-18(15)30)9-6-4-5-7-10-19(2,3)11-8-12-20(31,21(23,24)25)22(26,27)28/h4,6,9,17-18,29-31H,1,5,7-8,10-14H2,2-3H3/b6-4+,16-9-. The number of aliphatic hydroxyl groups excluding tert-OH is 2. The average molecular weight is 458 g/mol. The van der Waals surface area contributed by atoms with Gasteiger partial charge in [0.1, 0.15) is 0 Å². The first-order chi connectivity index (χ1) is 14.0. The molecule has 1 aliphatic carbocycles. The molecule has 180 valence electrons. The van der Waals surface area contributed by atoms with Gasteiger partial charge in [0.2, 0.25) is 0 Å². The van der Waals surface area contributed by atoms with E-state index in [0.29, 0.717) is 31.3 Å². The van der Waals surface area contributed by atoms with Crippen LogP contribution in [0.1, 0.15) is 65.2 Å². The largest absolute Gasteiger partial charge is 0.426 e. The maximum atomic E-state index is 12.7. The van der Waals surface area contributed by atoms with Gasteiger partial charge < -0.3 is 15.3 Å². The van der Waals surface area contributed by atoms with Crippen molar-refractivity contribution in [2.24, 2.45) is 5.41 Å². The Balaban J connectivity index is 2.47. The first-order valence-corrected chi connectivity index (χ1v) is 10.3. The van der Waals surface area contributed by atoms with Crippen molar-refractivity contribution in [3.05, 3.63) is 36.0 Å². The normalized spacial score (nSPS) is 23.2. The lowest BCUT2D eigenvalue weighted by Crippen LogP contribution is -2.56. The van der Waals surface area contributed by atoms with Gasteiger partial charge in [0.25, 0.3) is 5.60 Å². The van der Waals surface area contributed by atoms with Gasteiger partial charge in [-0.3, -0.25) is 0 Å². The van der Waals surface area contributed by atoms with Crippen LogP contribution in [-0.2, 0) is 0 Å². The maximum absolute atomic E-state index is 12.7. The molecule has 0 aromatic rings. The zero-order chi connectivity index (χ0) is 24.1. The molecule has 0 aliphatic heterocycles. The molecule has 2 unspecified atom stereocenters. The van der Waals surface area contributed by atoms with Crippen LogP contribution in [0.4, 0.5) is 26.3 Å². The molecular weight excluding hydrogens is 426 g/mol. The summed E-state index contributed by atoms with van der Waals surface area (Å²) in [4.78, 5) is 0. The van der Waals surface area contributed by atoms with E-state index in [9.17, 15) is 41.7 Å². The van der Waals surface area contributed by atoms with E-state index >= 15 is 0 Å². The van der Waals surface area contributed by atoms with Crippen molar-refractivity contribution in [1.82, 2.24) is 0 Å². The Morgan fingerprint density at radius 1 is 0.968 bits per heavy atom. The molecule has 0 saturated heterocycles. The van der Waals surface area contributed by atoms with Crippen LogP contribution < -0.4 is 0 Å². The van der Waals surface area contributed by atoms with Crippen LogP contribution in [-0.4, -0.2) is 45.5 Å². The van der Waals surface area contributed by atoms with Gasteiger partial charge in [-0.2, -0.15) is 26.3 Å². The Morgan fingerprint density at radius 3 is 2.06 bits per heavy atom. The third-order valence-electron chi connectivity index (χ3n) is 5.75. The van der Waals surface area contributed by atoms with Crippen molar-refractivity contribution in [1.29, 1.82) is 0 Å². The number of hydrogen-bond donors (Lipinski definition) is 3. The fraction of sp³-hybridized carbons (Fsp3) is 0.727. The van der Waals surface area contributed by atoms with Crippen molar-refractivity contribution < 1.29 is 41.7 Å². The van der Waals surface area contributed by atoms with Crippen LogP contribution in [0, 0.1) is 5.41 Å². The van der Waals surface area contributed by atoms with Crippen LogP contribution >= 0.6 is 0 Å². The molecule has 3 nitrogen and oxygen atoms in total. The van der Waals surface area contributed by atoms with Crippen LogP contribution in [0.5, 0.6) is 0 Å². The van der Waals surface area contributed by atoms with Crippen molar-refractivity contribution in [2.45, 2.75) is 95.4 Å². The van der Waals surface area contributed by atoms with Crippen molar-refractivity contribution in [3.8, 4) is 0 Å². The second kappa shape index (κ2) is 10.5. The molecule has 0 aromatic heterocycles. The maximum Gasteiger partial charge on any atom is 0.426 e. The fourth-order valence-electron chi connectivity index (χ4n) is 3.63. The average Bonchev–Trinajstić information content (AvgIpc) is 2.59. The van der Waals surface area contributed by atoms with Crippen LogP contribution in [0.3, 0.4) is 0 Å². The molecule has 1 fully saturated rings. The molecule has 0 amide bonds. The molecule has 0 heterocycles. The number of halogens is 6. The lowest BCUT2D eigenvalue weighted by Gasteiger charge is -2.33. The Kier molecular flexibility index (Phi) is 9.41. The topological polar surface area (TPSA) is 60.7 Å². The highest BCUT2D eigenvalue weighted by molar-refractivity contribution is 5.37. The lowest BCUT2D eigenvalue weighted by molar-refractivity contribution is -0.370. The van der Waals surface area contributed by atoms with Crippen molar-refractivity contribution in [2.75, 3.05) is 0 Å². The Labute approximate surface area is 179 Å². The Bertz CT molecular complexity index is 647. The summed E-state index contributed by atoms with van der Waals surface area (Å²) in [5, 5.41) is 28.7. The number of hydrogen-bond acceptors (Lipinski definition) is 3. The van der Waals surface area contributed by atoms with E-state index in [4.69, 9.17) is 0 Å². The van der Waals surface area contributed by atoms with E-state index in [1.807, 2.05) is 6.08 Å².